The van der Waals surface area contributed by atoms with Crippen molar-refractivity contribution in [3.8, 4) is 0 Å². The van der Waals surface area contributed by atoms with Gasteiger partial charge in [-0.05, 0) is 29.4 Å². The maximum absolute atomic E-state index is 6.10. The molecule has 1 aromatic carbocycles. The molecule has 0 bridgehead atoms. The summed E-state index contributed by atoms with van der Waals surface area (Å²) in [7, 11) is 0. The third-order valence-corrected chi connectivity index (χ3v) is 3.85. The van der Waals surface area contributed by atoms with Crippen LogP contribution in [0.4, 0.5) is 0 Å². The molecule has 0 atom stereocenters. The van der Waals surface area contributed by atoms with Gasteiger partial charge in [0.1, 0.15) is 0 Å². The van der Waals surface area contributed by atoms with Crippen molar-refractivity contribution in [3.05, 3.63) is 35.4 Å². The van der Waals surface area contributed by atoms with Crippen LogP contribution in [0.15, 0.2) is 24.3 Å². The van der Waals surface area contributed by atoms with E-state index in [0.717, 1.165) is 6.61 Å². The van der Waals surface area contributed by atoms with E-state index in [1.54, 1.807) is 0 Å². The molecule has 100 valence electrons. The van der Waals surface area contributed by atoms with Crippen LogP contribution in [0.2, 0.25) is 0 Å². The van der Waals surface area contributed by atoms with E-state index in [-0.39, 0.29) is 5.41 Å². The number of rotatable bonds is 3. The Bertz CT molecular complexity index is 369. The molecule has 1 aliphatic carbocycles. The highest BCUT2D eigenvalue weighted by Crippen LogP contribution is 2.27. The number of hydrogen-bond acceptors (Lipinski definition) is 1. The van der Waals surface area contributed by atoms with Crippen LogP contribution >= 0.6 is 0 Å². The average molecular weight is 246 g/mol. The van der Waals surface area contributed by atoms with Gasteiger partial charge in [-0.1, -0.05) is 64.3 Å². The second-order valence-corrected chi connectivity index (χ2v) is 6.48. The Morgan fingerprint density at radius 2 is 1.72 bits per heavy atom. The van der Waals surface area contributed by atoms with Gasteiger partial charge >= 0.3 is 0 Å². The summed E-state index contributed by atoms with van der Waals surface area (Å²) in [6.45, 7) is 7.59. The first-order chi connectivity index (χ1) is 8.57. The molecule has 1 aromatic rings. The molecule has 0 N–H and O–H groups in total. The summed E-state index contributed by atoms with van der Waals surface area (Å²) in [5.74, 6) is 0. The summed E-state index contributed by atoms with van der Waals surface area (Å²) in [4.78, 5) is 0. The molecular weight excluding hydrogens is 220 g/mol. The van der Waals surface area contributed by atoms with Gasteiger partial charge < -0.3 is 4.74 Å². The zero-order valence-corrected chi connectivity index (χ0v) is 12.0. The Morgan fingerprint density at radius 3 is 2.39 bits per heavy atom. The molecular formula is C17H26O. The van der Waals surface area contributed by atoms with E-state index >= 15 is 0 Å². The Kier molecular flexibility index (Phi) is 4.45. The summed E-state index contributed by atoms with van der Waals surface area (Å²) in [5.41, 5.74) is 2.98. The molecule has 2 rings (SSSR count). The van der Waals surface area contributed by atoms with Crippen molar-refractivity contribution in [2.75, 3.05) is 0 Å². The maximum Gasteiger partial charge on any atom is 0.0723 e. The van der Waals surface area contributed by atoms with Gasteiger partial charge in [-0.25, -0.2) is 0 Å². The smallest absolute Gasteiger partial charge is 0.0723 e. The molecule has 0 heterocycles. The lowest BCUT2D eigenvalue weighted by Gasteiger charge is -2.26. The first-order valence-corrected chi connectivity index (χ1v) is 7.27. The zero-order valence-electron chi connectivity index (χ0n) is 12.0. The van der Waals surface area contributed by atoms with E-state index in [0.29, 0.717) is 6.10 Å². The first kappa shape index (κ1) is 13.6. The summed E-state index contributed by atoms with van der Waals surface area (Å²) >= 11 is 0. The quantitative estimate of drug-likeness (QED) is 0.742. The molecule has 0 amide bonds. The van der Waals surface area contributed by atoms with Gasteiger partial charge in [0.05, 0.1) is 12.7 Å². The predicted octanol–water partition coefficient (Wildman–Crippen LogP) is 4.83. The molecule has 1 aliphatic rings. The van der Waals surface area contributed by atoms with E-state index in [9.17, 15) is 0 Å². The van der Waals surface area contributed by atoms with E-state index in [4.69, 9.17) is 4.74 Å². The van der Waals surface area contributed by atoms with Crippen molar-refractivity contribution >= 4 is 0 Å². The molecule has 0 radical (unpaired) electrons. The normalized spacial score (nSPS) is 17.9. The van der Waals surface area contributed by atoms with Crippen molar-refractivity contribution in [2.24, 2.45) is 0 Å². The van der Waals surface area contributed by atoms with Crippen LogP contribution in [-0.4, -0.2) is 6.10 Å². The van der Waals surface area contributed by atoms with Crippen LogP contribution in [0.3, 0.4) is 0 Å². The van der Waals surface area contributed by atoms with Crippen LogP contribution in [0.5, 0.6) is 0 Å². The Morgan fingerprint density at radius 1 is 1.06 bits per heavy atom. The van der Waals surface area contributed by atoms with Gasteiger partial charge in [-0.2, -0.15) is 0 Å². The lowest BCUT2D eigenvalue weighted by atomic mass is 9.84. The second-order valence-electron chi connectivity index (χ2n) is 6.48. The topological polar surface area (TPSA) is 9.23 Å². The molecule has 1 heteroatoms. The zero-order chi connectivity index (χ0) is 13.0. The Balaban J connectivity index is 2.00. The molecule has 0 aliphatic heterocycles. The molecule has 1 nitrogen and oxygen atoms in total. The van der Waals surface area contributed by atoms with Crippen LogP contribution < -0.4 is 0 Å². The van der Waals surface area contributed by atoms with E-state index in [1.165, 1.54) is 43.2 Å². The third kappa shape index (κ3) is 3.58. The minimum atomic E-state index is 0.201. The molecule has 1 fully saturated rings. The lowest BCUT2D eigenvalue weighted by Crippen LogP contribution is -2.19. The highest BCUT2D eigenvalue weighted by atomic mass is 16.5. The Labute approximate surface area is 112 Å². The molecule has 18 heavy (non-hydrogen) atoms. The highest BCUT2D eigenvalue weighted by Gasteiger charge is 2.19. The number of hydrogen-bond donors (Lipinski definition) is 0. The van der Waals surface area contributed by atoms with Gasteiger partial charge in [-0.3, -0.25) is 0 Å². The summed E-state index contributed by atoms with van der Waals surface area (Å²) in [5, 5.41) is 0. The van der Waals surface area contributed by atoms with Gasteiger partial charge in [0.25, 0.3) is 0 Å². The molecule has 1 saturated carbocycles. The Hall–Kier alpha value is -0.820. The van der Waals surface area contributed by atoms with Gasteiger partial charge in [0.15, 0.2) is 0 Å². The molecule has 0 saturated heterocycles. The SMILES string of the molecule is CC(C)(C)c1ccccc1COC1CCCCC1. The van der Waals surface area contributed by atoms with Gasteiger partial charge in [0.2, 0.25) is 0 Å². The van der Waals surface area contributed by atoms with Crippen molar-refractivity contribution in [1.29, 1.82) is 0 Å². The summed E-state index contributed by atoms with van der Waals surface area (Å²) in [6, 6.07) is 8.70. The summed E-state index contributed by atoms with van der Waals surface area (Å²) in [6.07, 6.45) is 7.05. The van der Waals surface area contributed by atoms with Crippen LogP contribution in [0.25, 0.3) is 0 Å². The second kappa shape index (κ2) is 5.88. The minimum absolute atomic E-state index is 0.201. The number of ether oxygens (including phenoxy) is 1. The predicted molar refractivity (Wildman–Crippen MR) is 76.8 cm³/mol. The monoisotopic (exact) mass is 246 g/mol. The van der Waals surface area contributed by atoms with Crippen LogP contribution in [-0.2, 0) is 16.8 Å². The van der Waals surface area contributed by atoms with Crippen molar-refractivity contribution in [2.45, 2.75) is 71.0 Å². The lowest BCUT2D eigenvalue weighted by molar-refractivity contribution is 0.0162. The largest absolute Gasteiger partial charge is 0.374 e. The fourth-order valence-corrected chi connectivity index (χ4v) is 2.82. The first-order valence-electron chi connectivity index (χ1n) is 7.27. The van der Waals surface area contributed by atoms with Gasteiger partial charge in [-0.15, -0.1) is 0 Å². The minimum Gasteiger partial charge on any atom is -0.374 e. The van der Waals surface area contributed by atoms with Crippen LogP contribution in [0, 0.1) is 0 Å². The average Bonchev–Trinajstić information content (AvgIpc) is 2.37. The van der Waals surface area contributed by atoms with Crippen molar-refractivity contribution in [1.82, 2.24) is 0 Å². The fraction of sp³-hybridized carbons (Fsp3) is 0.647. The van der Waals surface area contributed by atoms with E-state index < -0.39 is 0 Å². The molecule has 0 spiro atoms. The van der Waals surface area contributed by atoms with Gasteiger partial charge in [0, 0.05) is 0 Å². The van der Waals surface area contributed by atoms with Crippen LogP contribution in [0.1, 0.15) is 64.0 Å². The third-order valence-electron chi connectivity index (χ3n) is 3.85. The maximum atomic E-state index is 6.10. The van der Waals surface area contributed by atoms with Crippen molar-refractivity contribution < 1.29 is 4.74 Å². The summed E-state index contributed by atoms with van der Waals surface area (Å²) < 4.78 is 6.10. The fourth-order valence-electron chi connectivity index (χ4n) is 2.82. The molecule has 0 aromatic heterocycles. The molecule has 0 unspecified atom stereocenters. The van der Waals surface area contributed by atoms with E-state index in [1.807, 2.05) is 0 Å². The number of benzene rings is 1. The highest BCUT2D eigenvalue weighted by molar-refractivity contribution is 5.32. The standard InChI is InChI=1S/C17H26O/c1-17(2,3)16-12-8-7-9-14(16)13-18-15-10-5-4-6-11-15/h7-9,12,15H,4-6,10-11,13H2,1-3H3. The van der Waals surface area contributed by atoms with Crippen molar-refractivity contribution in [3.63, 3.8) is 0 Å². The van der Waals surface area contributed by atoms with E-state index in [2.05, 4.69) is 45.0 Å².